The number of nitrogens with one attached hydrogen (secondary N) is 3. The fourth-order valence-corrected chi connectivity index (χ4v) is 4.81. The zero-order valence-corrected chi connectivity index (χ0v) is 17.1. The molecule has 0 aliphatic carbocycles. The Balaban J connectivity index is 1.46. The maximum Gasteiger partial charge on any atom is 0.123 e. The van der Waals surface area contributed by atoms with E-state index in [0.29, 0.717) is 5.92 Å². The summed E-state index contributed by atoms with van der Waals surface area (Å²) in [6.45, 7) is 2.16. The highest BCUT2D eigenvalue weighted by molar-refractivity contribution is 6.01. The van der Waals surface area contributed by atoms with Gasteiger partial charge in [0.05, 0.1) is 11.2 Å². The number of nitrogens with zero attached hydrogens (tertiary/aromatic N) is 1. The summed E-state index contributed by atoms with van der Waals surface area (Å²) in [5, 5.41) is 13.5. The van der Waals surface area contributed by atoms with E-state index in [0.717, 1.165) is 57.4 Å². The topological polar surface area (TPSA) is 56.5 Å². The Labute approximate surface area is 179 Å². The summed E-state index contributed by atoms with van der Waals surface area (Å²) in [6, 6.07) is 21.7. The van der Waals surface area contributed by atoms with Crippen LogP contribution >= 0.6 is 0 Å². The molecule has 1 saturated heterocycles. The van der Waals surface area contributed by atoms with Gasteiger partial charge in [-0.1, -0.05) is 30.3 Å². The molecule has 6 rings (SSSR count). The quantitative estimate of drug-likeness (QED) is 0.342. The van der Waals surface area contributed by atoms with E-state index >= 15 is 0 Å². The number of hydrogen-bond acceptors (Lipinski definition) is 2. The van der Waals surface area contributed by atoms with Crippen LogP contribution in [0.4, 0.5) is 4.39 Å². The van der Waals surface area contributed by atoms with Crippen molar-refractivity contribution in [2.45, 2.75) is 18.8 Å². The third-order valence-electron chi connectivity index (χ3n) is 6.47. The first-order chi connectivity index (χ1) is 15.3. The van der Waals surface area contributed by atoms with E-state index in [1.165, 1.54) is 30.5 Å². The molecule has 3 aromatic carbocycles. The van der Waals surface area contributed by atoms with Gasteiger partial charge in [0.1, 0.15) is 11.5 Å². The molecular formula is C26H23FN4. The fourth-order valence-electron chi connectivity index (χ4n) is 4.81. The number of fused-ring (bicyclic) bond motifs is 2. The lowest BCUT2D eigenvalue weighted by Gasteiger charge is -2.23. The summed E-state index contributed by atoms with van der Waals surface area (Å²) >= 11 is 0. The number of piperidine rings is 1. The lowest BCUT2D eigenvalue weighted by molar-refractivity contribution is 0.460. The predicted octanol–water partition coefficient (Wildman–Crippen LogP) is 5.98. The Morgan fingerprint density at radius 1 is 0.839 bits per heavy atom. The van der Waals surface area contributed by atoms with Crippen LogP contribution in [0.1, 0.15) is 24.3 Å². The van der Waals surface area contributed by atoms with Crippen LogP contribution in [0.3, 0.4) is 0 Å². The van der Waals surface area contributed by atoms with Gasteiger partial charge in [0, 0.05) is 16.3 Å². The van der Waals surface area contributed by atoms with Crippen molar-refractivity contribution in [1.29, 1.82) is 0 Å². The number of aromatic amines is 2. The van der Waals surface area contributed by atoms with E-state index in [1.807, 2.05) is 18.2 Å². The smallest absolute Gasteiger partial charge is 0.123 e. The minimum Gasteiger partial charge on any atom is -0.353 e. The highest BCUT2D eigenvalue weighted by atomic mass is 19.1. The number of benzene rings is 3. The van der Waals surface area contributed by atoms with Gasteiger partial charge < -0.3 is 10.3 Å². The van der Waals surface area contributed by atoms with Gasteiger partial charge in [-0.15, -0.1) is 0 Å². The van der Waals surface area contributed by atoms with Crippen molar-refractivity contribution < 1.29 is 4.39 Å². The maximum absolute atomic E-state index is 13.4. The summed E-state index contributed by atoms with van der Waals surface area (Å²) < 4.78 is 13.4. The first-order valence-electron chi connectivity index (χ1n) is 10.8. The minimum atomic E-state index is -0.224. The zero-order chi connectivity index (χ0) is 20.8. The molecule has 1 fully saturated rings. The monoisotopic (exact) mass is 410 g/mol. The summed E-state index contributed by atoms with van der Waals surface area (Å²) in [5.41, 5.74) is 7.48. The Kier molecular flexibility index (Phi) is 4.35. The molecule has 0 bridgehead atoms. The van der Waals surface area contributed by atoms with E-state index in [4.69, 9.17) is 0 Å². The molecule has 1 aliphatic heterocycles. The first-order valence-corrected chi connectivity index (χ1v) is 10.8. The van der Waals surface area contributed by atoms with Crippen LogP contribution in [-0.4, -0.2) is 28.3 Å². The third-order valence-corrected chi connectivity index (χ3v) is 6.47. The van der Waals surface area contributed by atoms with Crippen molar-refractivity contribution in [3.05, 3.63) is 78.1 Å². The number of hydrogen-bond donors (Lipinski definition) is 3. The molecule has 0 radical (unpaired) electrons. The van der Waals surface area contributed by atoms with Crippen molar-refractivity contribution in [3.63, 3.8) is 0 Å². The average molecular weight is 410 g/mol. The van der Waals surface area contributed by atoms with Crippen LogP contribution in [0.25, 0.3) is 44.3 Å². The highest BCUT2D eigenvalue weighted by Crippen LogP contribution is 2.35. The van der Waals surface area contributed by atoms with E-state index in [1.54, 1.807) is 0 Å². The fraction of sp³-hybridized carbons (Fsp3) is 0.192. The number of H-pyrrole nitrogens is 2. The van der Waals surface area contributed by atoms with E-state index in [9.17, 15) is 4.39 Å². The summed E-state index contributed by atoms with van der Waals surface area (Å²) in [6.07, 6.45) is 2.35. The van der Waals surface area contributed by atoms with E-state index < -0.39 is 0 Å². The summed E-state index contributed by atoms with van der Waals surface area (Å²) in [7, 11) is 0. The van der Waals surface area contributed by atoms with Crippen molar-refractivity contribution in [3.8, 4) is 22.5 Å². The highest BCUT2D eigenvalue weighted by Gasteiger charge is 2.18. The SMILES string of the molecule is Fc1ccc(-c2cccc3[nH]c(-c4n[nH]c5ccc(C6CCNCC6)cc45)cc23)cc1. The molecule has 0 amide bonds. The van der Waals surface area contributed by atoms with Gasteiger partial charge in [-0.05, 0) is 84.9 Å². The van der Waals surface area contributed by atoms with Crippen LogP contribution in [0.15, 0.2) is 66.7 Å². The van der Waals surface area contributed by atoms with Crippen molar-refractivity contribution in [2.75, 3.05) is 13.1 Å². The molecule has 0 saturated carbocycles. The van der Waals surface area contributed by atoms with Crippen LogP contribution in [0.5, 0.6) is 0 Å². The molecular weight excluding hydrogens is 387 g/mol. The van der Waals surface area contributed by atoms with Gasteiger partial charge in [0.15, 0.2) is 0 Å². The third kappa shape index (κ3) is 3.22. The molecule has 0 unspecified atom stereocenters. The Hall–Kier alpha value is -3.44. The van der Waals surface area contributed by atoms with Gasteiger partial charge in [0.25, 0.3) is 0 Å². The molecule has 5 aromatic rings. The second kappa shape index (κ2) is 7.36. The van der Waals surface area contributed by atoms with Crippen LogP contribution in [0.2, 0.25) is 0 Å². The minimum absolute atomic E-state index is 0.224. The Morgan fingerprint density at radius 3 is 2.52 bits per heavy atom. The average Bonchev–Trinajstić information content (AvgIpc) is 3.43. The molecule has 2 aromatic heterocycles. The second-order valence-electron chi connectivity index (χ2n) is 8.36. The maximum atomic E-state index is 13.4. The molecule has 5 heteroatoms. The zero-order valence-electron chi connectivity index (χ0n) is 17.1. The predicted molar refractivity (Wildman–Crippen MR) is 124 cm³/mol. The molecule has 31 heavy (non-hydrogen) atoms. The molecule has 154 valence electrons. The van der Waals surface area contributed by atoms with E-state index in [2.05, 4.69) is 56.9 Å². The molecule has 0 spiro atoms. The summed E-state index contributed by atoms with van der Waals surface area (Å²) in [5.74, 6) is 0.374. The largest absolute Gasteiger partial charge is 0.353 e. The standard InChI is InChI=1S/C26H23FN4/c27-19-7-4-17(5-8-19)20-2-1-3-23-21(20)15-25(29-23)26-22-14-18(6-9-24(22)30-31-26)16-10-12-28-13-11-16/h1-9,14-16,28-29H,10-13H2,(H,30,31). The van der Waals surface area contributed by atoms with Crippen LogP contribution < -0.4 is 5.32 Å². The van der Waals surface area contributed by atoms with Crippen LogP contribution in [0, 0.1) is 5.82 Å². The van der Waals surface area contributed by atoms with Gasteiger partial charge >= 0.3 is 0 Å². The molecule has 3 N–H and O–H groups in total. The van der Waals surface area contributed by atoms with E-state index in [-0.39, 0.29) is 5.82 Å². The first kappa shape index (κ1) is 18.3. The Bertz CT molecular complexity index is 1370. The Morgan fingerprint density at radius 2 is 1.68 bits per heavy atom. The van der Waals surface area contributed by atoms with Gasteiger partial charge in [-0.2, -0.15) is 5.10 Å². The van der Waals surface area contributed by atoms with Crippen molar-refractivity contribution in [1.82, 2.24) is 20.5 Å². The van der Waals surface area contributed by atoms with Gasteiger partial charge in [-0.25, -0.2) is 4.39 Å². The van der Waals surface area contributed by atoms with Crippen molar-refractivity contribution >= 4 is 21.8 Å². The molecule has 0 atom stereocenters. The lowest BCUT2D eigenvalue weighted by atomic mass is 9.89. The number of halogens is 1. The lowest BCUT2D eigenvalue weighted by Crippen LogP contribution is -2.26. The van der Waals surface area contributed by atoms with Crippen molar-refractivity contribution in [2.24, 2.45) is 0 Å². The number of aromatic nitrogens is 3. The normalized spacial score (nSPS) is 15.1. The molecule has 4 nitrogen and oxygen atoms in total. The molecule has 3 heterocycles. The number of rotatable bonds is 3. The van der Waals surface area contributed by atoms with Crippen LogP contribution in [-0.2, 0) is 0 Å². The summed E-state index contributed by atoms with van der Waals surface area (Å²) in [4.78, 5) is 3.54. The van der Waals surface area contributed by atoms with Gasteiger partial charge in [0.2, 0.25) is 0 Å². The molecule has 1 aliphatic rings. The second-order valence-corrected chi connectivity index (χ2v) is 8.36. The van der Waals surface area contributed by atoms with Gasteiger partial charge in [-0.3, -0.25) is 5.10 Å².